The summed E-state index contributed by atoms with van der Waals surface area (Å²) in [6.07, 6.45) is 3.55. The number of hydrogen-bond acceptors (Lipinski definition) is 3. The molecule has 0 saturated carbocycles. The maximum atomic E-state index is 4.76. The average Bonchev–Trinajstić information content (AvgIpc) is 2.53. The summed E-state index contributed by atoms with van der Waals surface area (Å²) < 4.78 is 0. The van der Waals surface area contributed by atoms with Gasteiger partial charge in [-0.3, -0.25) is 4.99 Å². The highest BCUT2D eigenvalue weighted by Gasteiger charge is 2.29. The van der Waals surface area contributed by atoms with Gasteiger partial charge < -0.3 is 5.32 Å². The van der Waals surface area contributed by atoms with E-state index < -0.39 is 0 Å². The Bertz CT molecular complexity index is 464. The molecule has 1 aliphatic heterocycles. The van der Waals surface area contributed by atoms with Crippen molar-refractivity contribution in [2.24, 2.45) is 10.4 Å². The van der Waals surface area contributed by atoms with E-state index >= 15 is 0 Å². The van der Waals surface area contributed by atoms with Gasteiger partial charge in [0.2, 0.25) is 0 Å². The van der Waals surface area contributed by atoms with Gasteiger partial charge in [-0.15, -0.1) is 0 Å². The molecule has 0 spiro atoms. The molecular formula is C17H26N2S. The first-order chi connectivity index (χ1) is 9.73. The maximum absolute atomic E-state index is 4.76. The third kappa shape index (κ3) is 3.57. The van der Waals surface area contributed by atoms with Crippen molar-refractivity contribution < 1.29 is 0 Å². The van der Waals surface area contributed by atoms with Crippen LogP contribution in [0.5, 0.6) is 0 Å². The molecule has 1 aromatic carbocycles. The minimum Gasteiger partial charge on any atom is -0.361 e. The Labute approximate surface area is 127 Å². The Hall–Kier alpha value is -0.960. The number of benzene rings is 1. The van der Waals surface area contributed by atoms with Gasteiger partial charge in [-0.1, -0.05) is 56.8 Å². The summed E-state index contributed by atoms with van der Waals surface area (Å²) in [5, 5.41) is 4.63. The van der Waals surface area contributed by atoms with Crippen LogP contribution in [0.1, 0.15) is 44.7 Å². The van der Waals surface area contributed by atoms with Crippen molar-refractivity contribution in [1.29, 1.82) is 0 Å². The lowest BCUT2D eigenvalue weighted by Crippen LogP contribution is -2.34. The van der Waals surface area contributed by atoms with Crippen LogP contribution in [0.25, 0.3) is 0 Å². The molecule has 1 N–H and O–H groups in total. The van der Waals surface area contributed by atoms with Gasteiger partial charge in [-0.2, -0.15) is 0 Å². The van der Waals surface area contributed by atoms with E-state index in [0.29, 0.717) is 5.41 Å². The van der Waals surface area contributed by atoms with Crippen LogP contribution >= 0.6 is 11.8 Å². The molecule has 20 heavy (non-hydrogen) atoms. The summed E-state index contributed by atoms with van der Waals surface area (Å²) in [5.41, 5.74) is 3.25. The molecular weight excluding hydrogens is 264 g/mol. The van der Waals surface area contributed by atoms with E-state index in [-0.39, 0.29) is 0 Å². The van der Waals surface area contributed by atoms with E-state index in [1.807, 2.05) is 11.8 Å². The summed E-state index contributed by atoms with van der Waals surface area (Å²) in [6, 6.07) is 8.66. The zero-order chi connectivity index (χ0) is 14.4. The fraction of sp³-hybridized carbons (Fsp3) is 0.588. The third-order valence-electron chi connectivity index (χ3n) is 4.50. The predicted molar refractivity (Wildman–Crippen MR) is 90.4 cm³/mol. The SMILES string of the molecule is CCc1ccccc1CNC1=NCC(CC)(CC)CS1. The maximum Gasteiger partial charge on any atom is 0.156 e. The summed E-state index contributed by atoms with van der Waals surface area (Å²) in [6.45, 7) is 8.65. The standard InChI is InChI=1S/C17H26N2S/c1-4-14-9-7-8-10-15(14)11-18-16-19-12-17(5-2,6-3)13-20-16/h7-10H,4-6,11-13H2,1-3H3,(H,18,19). The van der Waals surface area contributed by atoms with Gasteiger partial charge in [0.25, 0.3) is 0 Å². The Morgan fingerprint density at radius 2 is 1.85 bits per heavy atom. The topological polar surface area (TPSA) is 24.4 Å². The molecule has 2 nitrogen and oxygen atoms in total. The predicted octanol–water partition coefficient (Wildman–Crippen LogP) is 4.25. The largest absolute Gasteiger partial charge is 0.361 e. The second kappa shape index (κ2) is 7.16. The number of rotatable bonds is 5. The Morgan fingerprint density at radius 3 is 2.40 bits per heavy atom. The van der Waals surface area contributed by atoms with Crippen molar-refractivity contribution >= 4 is 16.9 Å². The molecule has 3 heteroatoms. The number of hydrogen-bond donors (Lipinski definition) is 1. The van der Waals surface area contributed by atoms with Crippen LogP contribution in [0.4, 0.5) is 0 Å². The average molecular weight is 290 g/mol. The molecule has 0 unspecified atom stereocenters. The molecule has 2 rings (SSSR count). The fourth-order valence-corrected chi connectivity index (χ4v) is 3.86. The number of aliphatic imine (C=N–C) groups is 1. The summed E-state index contributed by atoms with van der Waals surface area (Å²) >= 11 is 1.89. The van der Waals surface area contributed by atoms with Crippen LogP contribution in [0, 0.1) is 5.41 Å². The van der Waals surface area contributed by atoms with Gasteiger partial charge in [0.1, 0.15) is 0 Å². The fourth-order valence-electron chi connectivity index (χ4n) is 2.58. The van der Waals surface area contributed by atoms with Gasteiger partial charge in [0.15, 0.2) is 5.17 Å². The van der Waals surface area contributed by atoms with E-state index in [1.54, 1.807) is 0 Å². The highest BCUT2D eigenvalue weighted by atomic mass is 32.2. The highest BCUT2D eigenvalue weighted by molar-refractivity contribution is 8.13. The third-order valence-corrected chi connectivity index (χ3v) is 5.81. The molecule has 0 aliphatic carbocycles. The van der Waals surface area contributed by atoms with E-state index in [1.165, 1.54) is 29.7 Å². The lowest BCUT2D eigenvalue weighted by Gasteiger charge is -2.33. The smallest absolute Gasteiger partial charge is 0.156 e. The normalized spacial score (nSPS) is 17.6. The van der Waals surface area contributed by atoms with Crippen molar-refractivity contribution in [1.82, 2.24) is 5.32 Å². The van der Waals surface area contributed by atoms with E-state index in [4.69, 9.17) is 4.99 Å². The molecule has 1 heterocycles. The minimum absolute atomic E-state index is 0.428. The van der Waals surface area contributed by atoms with Crippen molar-refractivity contribution in [3.05, 3.63) is 35.4 Å². The molecule has 0 amide bonds. The molecule has 110 valence electrons. The van der Waals surface area contributed by atoms with Crippen LogP contribution in [0.2, 0.25) is 0 Å². The number of thioether (sulfide) groups is 1. The van der Waals surface area contributed by atoms with Gasteiger partial charge in [0, 0.05) is 18.8 Å². The second-order valence-electron chi connectivity index (χ2n) is 5.59. The summed E-state index contributed by atoms with van der Waals surface area (Å²) in [5.74, 6) is 1.20. The molecule has 0 saturated heterocycles. The van der Waals surface area contributed by atoms with Crippen LogP contribution in [0.15, 0.2) is 29.3 Å². The molecule has 1 aliphatic rings. The van der Waals surface area contributed by atoms with Crippen LogP contribution in [-0.4, -0.2) is 17.5 Å². The molecule has 0 bridgehead atoms. The highest BCUT2D eigenvalue weighted by Crippen LogP contribution is 2.34. The number of amidine groups is 1. The van der Waals surface area contributed by atoms with Gasteiger partial charge in [-0.05, 0) is 35.8 Å². The van der Waals surface area contributed by atoms with E-state index in [0.717, 1.165) is 24.7 Å². The first kappa shape index (κ1) is 15.4. The number of nitrogens with zero attached hydrogens (tertiary/aromatic N) is 1. The van der Waals surface area contributed by atoms with Crippen LogP contribution in [-0.2, 0) is 13.0 Å². The Morgan fingerprint density at radius 1 is 1.15 bits per heavy atom. The number of aryl methyl sites for hydroxylation is 1. The molecule has 0 aromatic heterocycles. The minimum atomic E-state index is 0.428. The Balaban J connectivity index is 1.94. The summed E-state index contributed by atoms with van der Waals surface area (Å²) in [4.78, 5) is 4.76. The van der Waals surface area contributed by atoms with E-state index in [9.17, 15) is 0 Å². The second-order valence-corrected chi connectivity index (χ2v) is 6.56. The van der Waals surface area contributed by atoms with Crippen molar-refractivity contribution in [3.8, 4) is 0 Å². The number of nitrogens with one attached hydrogen (secondary N) is 1. The lowest BCUT2D eigenvalue weighted by atomic mass is 9.84. The van der Waals surface area contributed by atoms with Crippen LogP contribution in [0.3, 0.4) is 0 Å². The first-order valence-corrected chi connectivity index (χ1v) is 8.69. The first-order valence-electron chi connectivity index (χ1n) is 7.71. The van der Waals surface area contributed by atoms with Crippen molar-refractivity contribution in [2.75, 3.05) is 12.3 Å². The van der Waals surface area contributed by atoms with Gasteiger partial charge in [-0.25, -0.2) is 0 Å². The van der Waals surface area contributed by atoms with Crippen molar-refractivity contribution in [3.63, 3.8) is 0 Å². The molecule has 1 aromatic rings. The monoisotopic (exact) mass is 290 g/mol. The Kier molecular flexibility index (Phi) is 5.53. The van der Waals surface area contributed by atoms with Gasteiger partial charge in [0.05, 0.1) is 0 Å². The quantitative estimate of drug-likeness (QED) is 0.877. The molecule has 0 atom stereocenters. The summed E-state index contributed by atoms with van der Waals surface area (Å²) in [7, 11) is 0. The zero-order valence-electron chi connectivity index (χ0n) is 12.9. The lowest BCUT2D eigenvalue weighted by molar-refractivity contribution is 0.318. The molecule has 0 fully saturated rings. The van der Waals surface area contributed by atoms with Gasteiger partial charge >= 0.3 is 0 Å². The van der Waals surface area contributed by atoms with Crippen LogP contribution < -0.4 is 5.32 Å². The zero-order valence-corrected chi connectivity index (χ0v) is 13.7. The van der Waals surface area contributed by atoms with Crippen molar-refractivity contribution in [2.45, 2.75) is 46.6 Å². The molecule has 0 radical (unpaired) electrons. The van der Waals surface area contributed by atoms with E-state index in [2.05, 4.69) is 50.4 Å².